The van der Waals surface area contributed by atoms with E-state index in [4.69, 9.17) is 5.73 Å². The van der Waals surface area contributed by atoms with Gasteiger partial charge in [-0.05, 0) is 41.9 Å². The smallest absolute Gasteiger partial charge is 0.342 e. The van der Waals surface area contributed by atoms with E-state index < -0.39 is 5.69 Å². The molecule has 1 spiro atoms. The fourth-order valence-corrected chi connectivity index (χ4v) is 5.12. The first-order chi connectivity index (χ1) is 16.0. The average Bonchev–Trinajstić information content (AvgIpc) is 3.09. The lowest BCUT2D eigenvalue weighted by Gasteiger charge is -2.42. The van der Waals surface area contributed by atoms with Gasteiger partial charge in [-0.25, -0.2) is 14.8 Å². The van der Waals surface area contributed by atoms with Crippen molar-refractivity contribution < 1.29 is 0 Å². The molecule has 1 fully saturated rings. The van der Waals surface area contributed by atoms with Crippen molar-refractivity contribution in [1.29, 1.82) is 0 Å². The third kappa shape index (κ3) is 3.85. The zero-order valence-corrected chi connectivity index (χ0v) is 18.5. The molecular formula is C25H26N6O2. The maximum Gasteiger partial charge on any atom is 0.345 e. The van der Waals surface area contributed by atoms with Crippen LogP contribution in [-0.2, 0) is 19.9 Å². The Balaban J connectivity index is 1.30. The topological polar surface area (TPSA) is 110 Å². The molecule has 5 rings (SSSR count). The van der Waals surface area contributed by atoms with Crippen LogP contribution < -0.4 is 21.9 Å². The van der Waals surface area contributed by atoms with Crippen LogP contribution in [0.5, 0.6) is 0 Å². The quantitative estimate of drug-likeness (QED) is 0.579. The highest BCUT2D eigenvalue weighted by Crippen LogP contribution is 2.50. The van der Waals surface area contributed by atoms with E-state index in [2.05, 4.69) is 56.0 Å². The Morgan fingerprint density at radius 1 is 1.18 bits per heavy atom. The lowest BCUT2D eigenvalue weighted by molar-refractivity contribution is 0.186. The standard InChI is InChI=1S/C25H26N6O2/c1-30-22(32)18(6-4-7-19-9-12-27-23(33)29-19)16-28-24(30)31-13-10-25(11-14-31)15-17-5-2-3-8-20(17)21(25)26/h2-3,5,8-9,12,16,21H,7,10-11,13-15,26H2,1H3,(H,27,29,33)/t21-/m1/s1. The third-order valence-corrected chi connectivity index (χ3v) is 7.02. The molecule has 168 valence electrons. The minimum atomic E-state index is -0.415. The number of nitrogens with two attached hydrogens (primary N) is 1. The van der Waals surface area contributed by atoms with Gasteiger partial charge in [0, 0.05) is 44.5 Å². The number of H-pyrrole nitrogens is 1. The van der Waals surface area contributed by atoms with Crippen LogP contribution in [0, 0.1) is 17.3 Å². The van der Waals surface area contributed by atoms with Gasteiger partial charge >= 0.3 is 5.69 Å². The molecule has 1 saturated heterocycles. The third-order valence-electron chi connectivity index (χ3n) is 7.02. The predicted octanol–water partition coefficient (Wildman–Crippen LogP) is 1.30. The molecule has 3 N–H and O–H groups in total. The van der Waals surface area contributed by atoms with Gasteiger partial charge in [-0.1, -0.05) is 36.1 Å². The molecule has 1 aromatic carbocycles. The van der Waals surface area contributed by atoms with Crippen molar-refractivity contribution in [3.8, 4) is 11.8 Å². The van der Waals surface area contributed by atoms with Crippen LogP contribution in [-0.4, -0.2) is 32.6 Å². The lowest BCUT2D eigenvalue weighted by Crippen LogP contribution is -2.46. The Bertz CT molecular complexity index is 1370. The van der Waals surface area contributed by atoms with Gasteiger partial charge in [-0.2, -0.15) is 0 Å². The van der Waals surface area contributed by atoms with Crippen LogP contribution in [0.2, 0.25) is 0 Å². The predicted molar refractivity (Wildman–Crippen MR) is 126 cm³/mol. The second-order valence-electron chi connectivity index (χ2n) is 8.92. The molecule has 0 bridgehead atoms. The molecule has 1 aliphatic carbocycles. The first-order valence-electron chi connectivity index (χ1n) is 11.1. The van der Waals surface area contributed by atoms with Crippen molar-refractivity contribution in [3.63, 3.8) is 0 Å². The zero-order chi connectivity index (χ0) is 23.0. The summed E-state index contributed by atoms with van der Waals surface area (Å²) in [7, 11) is 1.73. The number of hydrogen-bond acceptors (Lipinski definition) is 6. The average molecular weight is 443 g/mol. The molecule has 2 aliphatic rings. The van der Waals surface area contributed by atoms with Crippen molar-refractivity contribution in [2.45, 2.75) is 31.7 Å². The van der Waals surface area contributed by atoms with Crippen LogP contribution in [0.3, 0.4) is 0 Å². The van der Waals surface area contributed by atoms with E-state index in [1.807, 2.05) is 0 Å². The van der Waals surface area contributed by atoms with Crippen LogP contribution in [0.4, 0.5) is 5.95 Å². The summed E-state index contributed by atoms with van der Waals surface area (Å²) in [6.07, 6.45) is 6.24. The first kappa shape index (κ1) is 21.2. The summed E-state index contributed by atoms with van der Waals surface area (Å²) in [5.74, 6) is 6.47. The SMILES string of the molecule is Cn1c(N2CCC3(CC2)Cc2ccccc2[C@H]3N)ncc(C#CCc2ccnc(=O)[nH]2)c1=O. The Morgan fingerprint density at radius 3 is 2.73 bits per heavy atom. The molecule has 0 saturated carbocycles. The number of aromatic nitrogens is 4. The van der Waals surface area contributed by atoms with E-state index in [9.17, 15) is 9.59 Å². The molecule has 2 aromatic heterocycles. The summed E-state index contributed by atoms with van der Waals surface area (Å²) in [6.45, 7) is 1.62. The van der Waals surface area contributed by atoms with Crippen molar-refractivity contribution >= 4 is 5.95 Å². The van der Waals surface area contributed by atoms with E-state index in [1.54, 1.807) is 23.9 Å². The molecule has 1 atom stereocenters. The normalized spacial score (nSPS) is 18.6. The van der Waals surface area contributed by atoms with E-state index in [-0.39, 0.29) is 17.0 Å². The molecule has 8 heteroatoms. The van der Waals surface area contributed by atoms with Gasteiger partial charge in [-0.15, -0.1) is 0 Å². The number of benzene rings is 1. The van der Waals surface area contributed by atoms with Crippen LogP contribution in [0.1, 0.15) is 41.3 Å². The fraction of sp³-hybridized carbons (Fsp3) is 0.360. The Morgan fingerprint density at radius 2 is 1.97 bits per heavy atom. The number of anilines is 1. The van der Waals surface area contributed by atoms with Gasteiger partial charge in [0.2, 0.25) is 5.95 Å². The molecule has 1 aliphatic heterocycles. The molecule has 0 unspecified atom stereocenters. The number of nitrogens with zero attached hydrogens (tertiary/aromatic N) is 4. The second-order valence-corrected chi connectivity index (χ2v) is 8.92. The van der Waals surface area contributed by atoms with Gasteiger partial charge in [0.05, 0.1) is 6.20 Å². The summed E-state index contributed by atoms with van der Waals surface area (Å²) in [6, 6.07) is 10.2. The Hall–Kier alpha value is -3.70. The summed E-state index contributed by atoms with van der Waals surface area (Å²) < 4.78 is 1.57. The van der Waals surface area contributed by atoms with Crippen molar-refractivity contribution in [2.24, 2.45) is 18.2 Å². The maximum absolute atomic E-state index is 12.9. The number of nitrogens with one attached hydrogen (secondary N) is 1. The highest BCUT2D eigenvalue weighted by atomic mass is 16.1. The number of hydrogen-bond donors (Lipinski definition) is 2. The van der Waals surface area contributed by atoms with Crippen molar-refractivity contribution in [2.75, 3.05) is 18.0 Å². The maximum atomic E-state index is 12.9. The number of piperidine rings is 1. The number of rotatable bonds is 2. The molecule has 0 radical (unpaired) electrons. The highest BCUT2D eigenvalue weighted by molar-refractivity contribution is 5.41. The lowest BCUT2D eigenvalue weighted by atomic mass is 9.73. The van der Waals surface area contributed by atoms with Crippen molar-refractivity contribution in [1.82, 2.24) is 19.5 Å². The largest absolute Gasteiger partial charge is 0.345 e. The molecule has 3 heterocycles. The molecular weight excluding hydrogens is 416 g/mol. The Kier molecular flexibility index (Phi) is 5.35. The molecule has 0 amide bonds. The molecule has 33 heavy (non-hydrogen) atoms. The minimum absolute atomic E-state index is 0.0561. The van der Waals surface area contributed by atoms with Crippen LogP contribution in [0.15, 0.2) is 52.3 Å². The van der Waals surface area contributed by atoms with E-state index in [0.29, 0.717) is 23.6 Å². The van der Waals surface area contributed by atoms with Crippen LogP contribution in [0.25, 0.3) is 0 Å². The van der Waals surface area contributed by atoms with Crippen LogP contribution >= 0.6 is 0 Å². The van der Waals surface area contributed by atoms with E-state index in [0.717, 1.165) is 32.4 Å². The molecule has 8 nitrogen and oxygen atoms in total. The minimum Gasteiger partial charge on any atom is -0.342 e. The summed E-state index contributed by atoms with van der Waals surface area (Å²) in [5.41, 5.74) is 9.79. The fourth-order valence-electron chi connectivity index (χ4n) is 5.12. The first-order valence-corrected chi connectivity index (χ1v) is 11.1. The summed E-state index contributed by atoms with van der Waals surface area (Å²) in [4.78, 5) is 37.1. The van der Waals surface area contributed by atoms with Gasteiger partial charge < -0.3 is 15.6 Å². The number of aromatic amines is 1. The zero-order valence-electron chi connectivity index (χ0n) is 18.5. The molecule has 3 aromatic rings. The van der Waals surface area contributed by atoms with Gasteiger partial charge in [0.25, 0.3) is 5.56 Å². The van der Waals surface area contributed by atoms with Gasteiger partial charge in [0.15, 0.2) is 0 Å². The van der Waals surface area contributed by atoms with E-state index in [1.165, 1.54) is 17.3 Å². The monoisotopic (exact) mass is 442 g/mol. The number of fused-ring (bicyclic) bond motifs is 1. The van der Waals surface area contributed by atoms with E-state index >= 15 is 0 Å². The van der Waals surface area contributed by atoms with Crippen molar-refractivity contribution in [3.05, 3.63) is 85.9 Å². The van der Waals surface area contributed by atoms with Gasteiger partial charge in [0.1, 0.15) is 5.56 Å². The summed E-state index contributed by atoms with van der Waals surface area (Å²) in [5, 5.41) is 0. The Labute approximate surface area is 191 Å². The second kappa shape index (κ2) is 8.34. The highest BCUT2D eigenvalue weighted by Gasteiger charge is 2.46. The van der Waals surface area contributed by atoms with Gasteiger partial charge in [-0.3, -0.25) is 9.36 Å². The summed E-state index contributed by atoms with van der Waals surface area (Å²) >= 11 is 0.